The van der Waals surface area contributed by atoms with Crippen molar-refractivity contribution in [3.63, 3.8) is 0 Å². The third kappa shape index (κ3) is 3.95. The summed E-state index contributed by atoms with van der Waals surface area (Å²) in [6, 6.07) is 8.74. The number of thiazole rings is 1. The Morgan fingerprint density at radius 3 is 2.72 bits per heavy atom. The van der Waals surface area contributed by atoms with Crippen molar-refractivity contribution in [2.75, 3.05) is 5.73 Å². The van der Waals surface area contributed by atoms with Gasteiger partial charge in [-0.1, -0.05) is 0 Å². The molecule has 0 unspecified atom stereocenters. The molecule has 29 heavy (non-hydrogen) atoms. The fourth-order valence-electron chi connectivity index (χ4n) is 2.81. The summed E-state index contributed by atoms with van der Waals surface area (Å²) in [5.41, 5.74) is 5.90. The summed E-state index contributed by atoms with van der Waals surface area (Å²) in [6.07, 6.45) is 1.58. The van der Waals surface area contributed by atoms with Crippen molar-refractivity contribution in [3.8, 4) is 5.75 Å². The van der Waals surface area contributed by atoms with Crippen molar-refractivity contribution in [3.05, 3.63) is 87.0 Å². The number of fused-ring (bicyclic) bond motifs is 1. The highest BCUT2D eigenvalue weighted by Crippen LogP contribution is 2.33. The molecule has 0 aliphatic heterocycles. The van der Waals surface area contributed by atoms with Crippen molar-refractivity contribution in [1.29, 1.82) is 0 Å². The average molecular weight is 417 g/mol. The number of hydrogen-bond donors (Lipinski definition) is 1. The molecule has 0 aliphatic rings. The van der Waals surface area contributed by atoms with Crippen LogP contribution in [-0.4, -0.2) is 9.55 Å². The Morgan fingerprint density at radius 1 is 1.10 bits per heavy atom. The second-order valence-electron chi connectivity index (χ2n) is 6.28. The van der Waals surface area contributed by atoms with Gasteiger partial charge in [-0.2, -0.15) is 0 Å². The molecule has 2 heterocycles. The molecule has 0 bridgehead atoms. The Balaban J connectivity index is 1.64. The van der Waals surface area contributed by atoms with Gasteiger partial charge in [-0.3, -0.25) is 4.79 Å². The zero-order valence-electron chi connectivity index (χ0n) is 14.9. The van der Waals surface area contributed by atoms with Gasteiger partial charge in [0, 0.05) is 30.0 Å². The van der Waals surface area contributed by atoms with Crippen LogP contribution in [0.3, 0.4) is 0 Å². The molecule has 0 fully saturated rings. The number of rotatable bonds is 5. The molecule has 5 nitrogen and oxygen atoms in total. The van der Waals surface area contributed by atoms with E-state index in [-0.39, 0.29) is 35.7 Å². The Hall–Kier alpha value is -3.33. The van der Waals surface area contributed by atoms with Crippen LogP contribution in [0.4, 0.5) is 18.9 Å². The minimum absolute atomic E-state index is 0.116. The highest BCUT2D eigenvalue weighted by atomic mass is 32.1. The molecule has 4 aromatic rings. The Labute approximate surface area is 166 Å². The highest BCUT2D eigenvalue weighted by Gasteiger charge is 2.14. The molecule has 2 aromatic carbocycles. The Bertz CT molecular complexity index is 1270. The lowest BCUT2D eigenvalue weighted by Crippen LogP contribution is -2.22. The minimum Gasteiger partial charge on any atom is -0.487 e. The topological polar surface area (TPSA) is 70.1 Å². The van der Waals surface area contributed by atoms with Gasteiger partial charge in [0.1, 0.15) is 34.8 Å². The van der Waals surface area contributed by atoms with Gasteiger partial charge in [0.15, 0.2) is 0 Å². The molecule has 2 aromatic heterocycles. The van der Waals surface area contributed by atoms with E-state index >= 15 is 0 Å². The van der Waals surface area contributed by atoms with Crippen LogP contribution < -0.4 is 16.0 Å². The minimum atomic E-state index is -0.747. The Kier molecular flexibility index (Phi) is 4.98. The fraction of sp³-hybridized carbons (Fsp3) is 0.100. The van der Waals surface area contributed by atoms with Gasteiger partial charge in [-0.25, -0.2) is 18.2 Å². The van der Waals surface area contributed by atoms with Gasteiger partial charge in [0.25, 0.3) is 5.56 Å². The number of nitrogen functional groups attached to an aromatic ring is 1. The first kappa shape index (κ1) is 19.0. The summed E-state index contributed by atoms with van der Waals surface area (Å²) in [7, 11) is 0. The first-order valence-corrected chi connectivity index (χ1v) is 9.33. The second-order valence-corrected chi connectivity index (χ2v) is 7.36. The fourth-order valence-corrected chi connectivity index (χ4v) is 3.82. The molecule has 0 saturated heterocycles. The van der Waals surface area contributed by atoms with Crippen LogP contribution in [0, 0.1) is 17.5 Å². The van der Waals surface area contributed by atoms with E-state index in [4.69, 9.17) is 10.5 Å². The number of anilines is 1. The van der Waals surface area contributed by atoms with E-state index in [1.807, 2.05) is 0 Å². The van der Waals surface area contributed by atoms with E-state index in [9.17, 15) is 18.0 Å². The van der Waals surface area contributed by atoms with E-state index < -0.39 is 17.5 Å². The van der Waals surface area contributed by atoms with Crippen LogP contribution >= 0.6 is 11.3 Å². The van der Waals surface area contributed by atoms with Gasteiger partial charge in [0.05, 0.1) is 22.4 Å². The van der Waals surface area contributed by atoms with Crippen LogP contribution in [0.25, 0.3) is 10.2 Å². The maximum Gasteiger partial charge on any atom is 0.274 e. The van der Waals surface area contributed by atoms with E-state index in [1.165, 1.54) is 40.2 Å². The smallest absolute Gasteiger partial charge is 0.274 e. The van der Waals surface area contributed by atoms with Gasteiger partial charge in [0.2, 0.25) is 0 Å². The molecule has 0 radical (unpaired) electrons. The maximum absolute atomic E-state index is 14.0. The first-order chi connectivity index (χ1) is 13.9. The summed E-state index contributed by atoms with van der Waals surface area (Å²) >= 11 is 1.23. The van der Waals surface area contributed by atoms with E-state index in [2.05, 4.69) is 4.98 Å². The number of hydrogen-bond acceptors (Lipinski definition) is 5. The summed E-state index contributed by atoms with van der Waals surface area (Å²) < 4.78 is 48.4. The summed E-state index contributed by atoms with van der Waals surface area (Å²) in [5.74, 6) is -1.82. The SMILES string of the molecule is Nc1cccn(Cc2nc3cc(F)cc(OCc4ccc(F)cc4F)c3s2)c1=O. The number of benzene rings is 2. The number of nitrogens with zero attached hydrogens (tertiary/aromatic N) is 2. The van der Waals surface area contributed by atoms with Crippen molar-refractivity contribution in [2.45, 2.75) is 13.2 Å². The summed E-state index contributed by atoms with van der Waals surface area (Å²) in [4.78, 5) is 16.5. The highest BCUT2D eigenvalue weighted by molar-refractivity contribution is 7.19. The van der Waals surface area contributed by atoms with Crippen LogP contribution in [0.2, 0.25) is 0 Å². The molecule has 4 rings (SSSR count). The number of pyridine rings is 1. The molecule has 0 spiro atoms. The quantitative estimate of drug-likeness (QED) is 0.531. The molecule has 2 N–H and O–H groups in total. The summed E-state index contributed by atoms with van der Waals surface area (Å²) in [5, 5.41) is 0.552. The lowest BCUT2D eigenvalue weighted by molar-refractivity contribution is 0.302. The maximum atomic E-state index is 14.0. The van der Waals surface area contributed by atoms with Crippen molar-refractivity contribution >= 4 is 27.2 Å². The largest absolute Gasteiger partial charge is 0.487 e. The molecule has 148 valence electrons. The molecular formula is C20H14F3N3O2S. The second kappa shape index (κ2) is 7.59. The number of aromatic nitrogens is 2. The lowest BCUT2D eigenvalue weighted by atomic mass is 10.2. The van der Waals surface area contributed by atoms with Gasteiger partial charge >= 0.3 is 0 Å². The predicted molar refractivity (Wildman–Crippen MR) is 104 cm³/mol. The monoisotopic (exact) mass is 417 g/mol. The molecule has 0 saturated carbocycles. The zero-order chi connectivity index (χ0) is 20.5. The molecule has 9 heteroatoms. The molecule has 0 atom stereocenters. The van der Waals surface area contributed by atoms with E-state index in [1.54, 1.807) is 12.3 Å². The van der Waals surface area contributed by atoms with Crippen LogP contribution in [0.15, 0.2) is 53.5 Å². The van der Waals surface area contributed by atoms with E-state index in [0.29, 0.717) is 15.2 Å². The lowest BCUT2D eigenvalue weighted by Gasteiger charge is -2.08. The van der Waals surface area contributed by atoms with Crippen molar-refractivity contribution in [1.82, 2.24) is 9.55 Å². The average Bonchev–Trinajstić information content (AvgIpc) is 3.07. The molecule has 0 aliphatic carbocycles. The van der Waals surface area contributed by atoms with Crippen molar-refractivity contribution in [2.24, 2.45) is 0 Å². The van der Waals surface area contributed by atoms with Gasteiger partial charge < -0.3 is 15.0 Å². The number of ether oxygens (including phenoxy) is 1. The van der Waals surface area contributed by atoms with Crippen molar-refractivity contribution < 1.29 is 17.9 Å². The number of halogens is 3. The number of nitrogens with two attached hydrogens (primary N) is 1. The van der Waals surface area contributed by atoms with Gasteiger partial charge in [-0.05, 0) is 24.3 Å². The molecule has 0 amide bonds. The van der Waals surface area contributed by atoms with Gasteiger partial charge in [-0.15, -0.1) is 11.3 Å². The first-order valence-electron chi connectivity index (χ1n) is 8.51. The third-order valence-electron chi connectivity index (χ3n) is 4.22. The Morgan fingerprint density at radius 2 is 1.93 bits per heavy atom. The van der Waals surface area contributed by atoms with E-state index in [0.717, 1.165) is 12.1 Å². The van der Waals surface area contributed by atoms with Crippen LogP contribution in [0.1, 0.15) is 10.6 Å². The zero-order valence-corrected chi connectivity index (χ0v) is 15.7. The third-order valence-corrected chi connectivity index (χ3v) is 5.29. The standard InChI is InChI=1S/C20H14F3N3O2S/c21-12-4-3-11(14(23)6-12)10-28-17-8-13(22)7-16-19(17)29-18(25-16)9-26-5-1-2-15(24)20(26)27/h1-8H,9-10,24H2. The predicted octanol–water partition coefficient (Wildman–Crippen LogP) is 4.08. The normalized spacial score (nSPS) is 11.1. The summed E-state index contributed by atoms with van der Waals surface area (Å²) in [6.45, 7) is -0.0382. The molecular weight excluding hydrogens is 403 g/mol. The van der Waals surface area contributed by atoms with Crippen LogP contribution in [-0.2, 0) is 13.2 Å². The van der Waals surface area contributed by atoms with Crippen LogP contribution in [0.5, 0.6) is 5.75 Å².